The third kappa shape index (κ3) is 12.1. The summed E-state index contributed by atoms with van der Waals surface area (Å²) in [6.45, 7) is 6.94. The molecule has 0 bridgehead atoms. The molecule has 0 aliphatic rings. The third-order valence-electron chi connectivity index (χ3n) is 4.41. The molecule has 0 aliphatic heterocycles. The van der Waals surface area contributed by atoms with Crippen molar-refractivity contribution in [3.8, 4) is 5.75 Å². The van der Waals surface area contributed by atoms with Gasteiger partial charge in [-0.15, -0.1) is 7.92 Å². The van der Waals surface area contributed by atoms with E-state index in [1.165, 1.54) is 45.6 Å². The molecule has 0 heterocycles. The molecule has 0 spiro atoms. The summed E-state index contributed by atoms with van der Waals surface area (Å²) < 4.78 is 9.51. The van der Waals surface area contributed by atoms with Crippen LogP contribution in [0.4, 0.5) is 0 Å². The fourth-order valence-electron chi connectivity index (χ4n) is 2.55. The molecule has 0 amide bonds. The first-order valence-electron chi connectivity index (χ1n) is 10.2. The van der Waals surface area contributed by atoms with Crippen molar-refractivity contribution in [1.82, 2.24) is 0 Å². The van der Waals surface area contributed by atoms with Crippen LogP contribution in [0.2, 0.25) is 0 Å². The van der Waals surface area contributed by atoms with E-state index in [1.807, 2.05) is 0 Å². The van der Waals surface area contributed by atoms with Crippen LogP contribution in [0.1, 0.15) is 70.7 Å². The highest BCUT2D eigenvalue weighted by atomic mass is 31.1. The first kappa shape index (κ1) is 26.0. The van der Waals surface area contributed by atoms with E-state index in [0.29, 0.717) is 13.5 Å². The van der Waals surface area contributed by atoms with Gasteiger partial charge in [0.2, 0.25) is 0 Å². The van der Waals surface area contributed by atoms with Gasteiger partial charge in [0.05, 0.1) is 22.1 Å². The maximum Gasteiger partial charge on any atom is 0.304 e. The summed E-state index contributed by atoms with van der Waals surface area (Å²) >= 11 is 0. The topological polar surface area (TPSA) is 35.5 Å². The lowest BCUT2D eigenvalue weighted by molar-refractivity contribution is -0.140. The van der Waals surface area contributed by atoms with E-state index in [4.69, 9.17) is 12.6 Å². The highest BCUT2D eigenvalue weighted by Crippen LogP contribution is 2.38. The lowest BCUT2D eigenvalue weighted by atomic mass is 9.81. The molecule has 152 valence electrons. The largest absolute Gasteiger partial charge is 0.497 e. The lowest BCUT2D eigenvalue weighted by Crippen LogP contribution is -2.13. The molecule has 1 rings (SSSR count). The minimum absolute atomic E-state index is 0.422. The second-order valence-electron chi connectivity index (χ2n) is 6.68. The molecule has 0 aliphatic carbocycles. The van der Waals surface area contributed by atoms with Crippen molar-refractivity contribution in [2.45, 2.75) is 65.1 Å². The molecule has 5 heteroatoms. The van der Waals surface area contributed by atoms with Gasteiger partial charge in [-0.2, -0.15) is 0 Å². The number of carbonyl (C=O) groups excluding carboxylic acids is 1. The molecule has 2 radical (unpaired) electrons. The summed E-state index contributed by atoms with van der Waals surface area (Å²) in [5.74, 6) is -0.452. The molecule has 27 heavy (non-hydrogen) atoms. The minimum atomic E-state index is -0.731. The molecular weight excluding hydrogens is 354 g/mol. The maximum absolute atomic E-state index is 11.1. The standard InChI is InChI=1S/C12H27P.C10H11BO3/c1-4-7-10-13(11-8-5-2)12-9-6-3;1-13-8-5-3-7(4-6-8)9(11)10(12)14-2/h4-12H2,1-3H3;3-6,9H,1-2H3. The molecule has 0 saturated heterocycles. The summed E-state index contributed by atoms with van der Waals surface area (Å²) in [5.41, 5.74) is 0.706. The number of methoxy groups -OCH3 is 2. The van der Waals surface area contributed by atoms with Gasteiger partial charge in [-0.3, -0.25) is 4.79 Å². The first-order valence-corrected chi connectivity index (χ1v) is 12.1. The Kier molecular flexibility index (Phi) is 16.5. The molecule has 1 aromatic carbocycles. The lowest BCUT2D eigenvalue weighted by Gasteiger charge is -2.16. The van der Waals surface area contributed by atoms with Crippen molar-refractivity contribution >= 4 is 21.7 Å². The normalized spacial score (nSPS) is 11.5. The van der Waals surface area contributed by atoms with Crippen molar-refractivity contribution in [2.24, 2.45) is 0 Å². The van der Waals surface area contributed by atoms with Gasteiger partial charge in [0, 0.05) is 5.82 Å². The van der Waals surface area contributed by atoms with Crippen LogP contribution in [-0.4, -0.2) is 46.5 Å². The average molecular weight is 392 g/mol. The zero-order valence-corrected chi connectivity index (χ0v) is 18.9. The monoisotopic (exact) mass is 392 g/mol. The van der Waals surface area contributed by atoms with Gasteiger partial charge in [-0.05, 0) is 55.4 Å². The Morgan fingerprint density at radius 3 is 1.70 bits per heavy atom. The van der Waals surface area contributed by atoms with E-state index in [9.17, 15) is 4.79 Å². The van der Waals surface area contributed by atoms with E-state index >= 15 is 0 Å². The number of esters is 1. The molecular formula is C22H38BO3P. The number of hydrogen-bond acceptors (Lipinski definition) is 3. The second-order valence-corrected chi connectivity index (χ2v) is 9.36. The van der Waals surface area contributed by atoms with Crippen LogP contribution in [0.3, 0.4) is 0 Å². The average Bonchev–Trinajstić information content (AvgIpc) is 2.72. The third-order valence-corrected chi connectivity index (χ3v) is 7.26. The van der Waals surface area contributed by atoms with Crippen molar-refractivity contribution < 1.29 is 14.3 Å². The molecule has 0 fully saturated rings. The van der Waals surface area contributed by atoms with Gasteiger partial charge in [0.25, 0.3) is 0 Å². The number of carbonyl (C=O) groups is 1. The van der Waals surface area contributed by atoms with Crippen LogP contribution in [0.25, 0.3) is 0 Å². The zero-order chi connectivity index (χ0) is 20.5. The van der Waals surface area contributed by atoms with Gasteiger partial charge in [-0.25, -0.2) is 0 Å². The fraction of sp³-hybridized carbons (Fsp3) is 0.682. The molecule has 1 unspecified atom stereocenters. The Labute approximate surface area is 169 Å². The van der Waals surface area contributed by atoms with Crippen LogP contribution >= 0.6 is 7.92 Å². The van der Waals surface area contributed by atoms with Crippen molar-refractivity contribution in [3.63, 3.8) is 0 Å². The molecule has 0 saturated carbocycles. The number of unbranched alkanes of at least 4 members (excludes halogenated alkanes) is 3. The minimum Gasteiger partial charge on any atom is -0.497 e. The summed E-state index contributed by atoms with van der Waals surface area (Å²) in [6.07, 6.45) is 13.2. The van der Waals surface area contributed by atoms with Crippen LogP contribution in [-0.2, 0) is 9.53 Å². The van der Waals surface area contributed by atoms with Crippen LogP contribution in [0.15, 0.2) is 24.3 Å². The number of rotatable bonds is 12. The van der Waals surface area contributed by atoms with E-state index < -0.39 is 11.8 Å². The fourth-order valence-corrected chi connectivity index (χ4v) is 5.52. The van der Waals surface area contributed by atoms with Crippen LogP contribution < -0.4 is 4.74 Å². The summed E-state index contributed by atoms with van der Waals surface area (Å²) in [7, 11) is 8.94. The molecule has 1 atom stereocenters. The van der Waals surface area contributed by atoms with E-state index in [2.05, 4.69) is 25.5 Å². The summed E-state index contributed by atoms with van der Waals surface area (Å²) in [6, 6.07) is 6.97. The zero-order valence-electron chi connectivity index (χ0n) is 18.0. The van der Waals surface area contributed by atoms with Gasteiger partial charge < -0.3 is 9.47 Å². The predicted octanol–water partition coefficient (Wildman–Crippen LogP) is 5.95. The molecule has 1 aromatic rings. The first-order chi connectivity index (χ1) is 13.0. The van der Waals surface area contributed by atoms with E-state index in [0.717, 1.165) is 5.75 Å². The molecule has 0 N–H and O–H groups in total. The second kappa shape index (κ2) is 17.1. The van der Waals surface area contributed by atoms with E-state index in [1.54, 1.807) is 49.9 Å². The van der Waals surface area contributed by atoms with Crippen molar-refractivity contribution in [2.75, 3.05) is 32.7 Å². The van der Waals surface area contributed by atoms with Crippen molar-refractivity contribution in [3.05, 3.63) is 29.8 Å². The molecule has 0 aromatic heterocycles. The van der Waals surface area contributed by atoms with Gasteiger partial charge in [-0.1, -0.05) is 52.2 Å². The summed E-state index contributed by atoms with van der Waals surface area (Å²) in [5, 5.41) is 0. The van der Waals surface area contributed by atoms with Crippen molar-refractivity contribution in [1.29, 1.82) is 0 Å². The predicted molar refractivity (Wildman–Crippen MR) is 120 cm³/mol. The Balaban J connectivity index is 0.000000503. The highest BCUT2D eigenvalue weighted by Gasteiger charge is 2.14. The number of benzene rings is 1. The Hall–Kier alpha value is -1.02. The maximum atomic E-state index is 11.1. The molecule has 3 nitrogen and oxygen atoms in total. The van der Waals surface area contributed by atoms with E-state index in [-0.39, 0.29) is 0 Å². The van der Waals surface area contributed by atoms with Crippen LogP contribution in [0.5, 0.6) is 5.75 Å². The Morgan fingerprint density at radius 2 is 1.37 bits per heavy atom. The van der Waals surface area contributed by atoms with Crippen LogP contribution in [0, 0.1) is 0 Å². The number of hydrogen-bond donors (Lipinski definition) is 0. The Bertz CT molecular complexity index is 460. The summed E-state index contributed by atoms with van der Waals surface area (Å²) in [4.78, 5) is 11.1. The van der Waals surface area contributed by atoms with Gasteiger partial charge in [0.1, 0.15) is 5.75 Å². The Morgan fingerprint density at radius 1 is 0.926 bits per heavy atom. The SMILES string of the molecule is CCCCP(CCCC)CCCC.[B]C(C(=O)OC)c1ccc(OC)cc1. The highest BCUT2D eigenvalue weighted by molar-refractivity contribution is 7.57. The quantitative estimate of drug-likeness (QED) is 0.251. The smallest absolute Gasteiger partial charge is 0.304 e. The van der Waals surface area contributed by atoms with Gasteiger partial charge >= 0.3 is 5.97 Å². The number of ether oxygens (including phenoxy) is 2. The van der Waals surface area contributed by atoms with Gasteiger partial charge in [0.15, 0.2) is 0 Å².